The summed E-state index contributed by atoms with van der Waals surface area (Å²) < 4.78 is 0. The molecule has 0 aliphatic carbocycles. The number of guanidine groups is 1. The van der Waals surface area contributed by atoms with Gasteiger partial charge in [0.05, 0.1) is 11.2 Å². The Morgan fingerprint density at radius 3 is 2.94 bits per heavy atom. The summed E-state index contributed by atoms with van der Waals surface area (Å²) in [6.07, 6.45) is 1.77. The van der Waals surface area contributed by atoms with E-state index in [1.54, 1.807) is 13.2 Å². The number of pyridine rings is 1. The lowest BCUT2D eigenvalue weighted by Gasteiger charge is -2.10. The molecule has 0 saturated heterocycles. The van der Waals surface area contributed by atoms with Crippen molar-refractivity contribution in [3.8, 4) is 0 Å². The number of rotatable bonds is 1. The van der Waals surface area contributed by atoms with Gasteiger partial charge in [0.2, 0.25) is 5.96 Å². The normalized spacial score (nSPS) is 11.5. The van der Waals surface area contributed by atoms with Gasteiger partial charge in [-0.3, -0.25) is 15.4 Å². The first-order chi connectivity index (χ1) is 7.85. The maximum atomic E-state index is 5.32. The third-order valence-electron chi connectivity index (χ3n) is 2.26. The molecule has 0 aliphatic rings. The van der Waals surface area contributed by atoms with Crippen LogP contribution in [-0.2, 0) is 0 Å². The van der Waals surface area contributed by atoms with Crippen LogP contribution in [0.3, 0.4) is 0 Å². The van der Waals surface area contributed by atoms with Gasteiger partial charge in [0, 0.05) is 18.6 Å². The van der Waals surface area contributed by atoms with Crippen molar-refractivity contribution >= 4 is 22.5 Å². The average molecular weight is 215 g/mol. The van der Waals surface area contributed by atoms with Crippen LogP contribution in [0.1, 0.15) is 0 Å². The molecule has 0 fully saturated rings. The van der Waals surface area contributed by atoms with Gasteiger partial charge in [-0.25, -0.2) is 5.84 Å². The number of nitrogens with one attached hydrogen (secondary N) is 2. The predicted molar refractivity (Wildman–Crippen MR) is 66.0 cm³/mol. The third-order valence-corrected chi connectivity index (χ3v) is 2.26. The van der Waals surface area contributed by atoms with E-state index in [1.807, 2.05) is 30.3 Å². The van der Waals surface area contributed by atoms with Crippen LogP contribution in [0.2, 0.25) is 0 Å². The topological polar surface area (TPSA) is 75.3 Å². The van der Waals surface area contributed by atoms with Gasteiger partial charge >= 0.3 is 0 Å². The molecule has 4 N–H and O–H groups in total. The molecule has 2 aromatic rings. The highest BCUT2D eigenvalue weighted by Crippen LogP contribution is 2.20. The number of benzene rings is 1. The predicted octanol–water partition coefficient (Wildman–Crippen LogP) is 1.10. The highest BCUT2D eigenvalue weighted by Gasteiger charge is 2.02. The van der Waals surface area contributed by atoms with E-state index in [2.05, 4.69) is 20.7 Å². The van der Waals surface area contributed by atoms with Crippen LogP contribution >= 0.6 is 0 Å². The lowest BCUT2D eigenvalue weighted by atomic mass is 10.2. The molecule has 2 rings (SSSR count). The molecular formula is C11H13N5. The van der Waals surface area contributed by atoms with Gasteiger partial charge in [-0.2, -0.15) is 0 Å². The fourth-order valence-corrected chi connectivity index (χ4v) is 1.50. The van der Waals surface area contributed by atoms with Gasteiger partial charge in [-0.05, 0) is 24.3 Å². The van der Waals surface area contributed by atoms with E-state index in [0.717, 1.165) is 16.6 Å². The van der Waals surface area contributed by atoms with Crippen LogP contribution in [0.4, 0.5) is 5.69 Å². The summed E-state index contributed by atoms with van der Waals surface area (Å²) in [5.74, 6) is 5.83. The number of nitrogens with zero attached hydrogens (tertiary/aromatic N) is 2. The van der Waals surface area contributed by atoms with Gasteiger partial charge in [-0.1, -0.05) is 6.07 Å². The molecular weight excluding hydrogens is 202 g/mol. The first-order valence-electron chi connectivity index (χ1n) is 4.89. The second-order valence-electron chi connectivity index (χ2n) is 3.22. The molecule has 0 amide bonds. The lowest BCUT2D eigenvalue weighted by molar-refractivity contribution is 1.01. The monoisotopic (exact) mass is 215 g/mol. The number of fused-ring (bicyclic) bond motifs is 1. The Hall–Kier alpha value is -2.14. The number of aromatic nitrogens is 1. The van der Waals surface area contributed by atoms with E-state index >= 15 is 0 Å². The number of anilines is 1. The van der Waals surface area contributed by atoms with Crippen molar-refractivity contribution in [2.45, 2.75) is 0 Å². The molecule has 16 heavy (non-hydrogen) atoms. The summed E-state index contributed by atoms with van der Waals surface area (Å²) in [6.45, 7) is 0. The molecule has 1 aromatic carbocycles. The largest absolute Gasteiger partial charge is 0.325 e. The summed E-state index contributed by atoms with van der Waals surface area (Å²) in [4.78, 5) is 8.23. The fraction of sp³-hybridized carbons (Fsp3) is 0.0909. The number of hydrogen-bond donors (Lipinski definition) is 3. The van der Waals surface area contributed by atoms with Crippen molar-refractivity contribution < 1.29 is 0 Å². The zero-order valence-electron chi connectivity index (χ0n) is 8.94. The molecule has 0 aliphatic heterocycles. The van der Waals surface area contributed by atoms with E-state index in [1.165, 1.54) is 0 Å². The van der Waals surface area contributed by atoms with Crippen LogP contribution in [0.25, 0.3) is 10.9 Å². The van der Waals surface area contributed by atoms with Crippen molar-refractivity contribution in [2.24, 2.45) is 10.8 Å². The molecule has 5 nitrogen and oxygen atoms in total. The molecule has 0 spiro atoms. The molecule has 0 saturated carbocycles. The quantitative estimate of drug-likeness (QED) is 0.288. The average Bonchev–Trinajstić information content (AvgIpc) is 2.36. The Labute approximate surface area is 93.4 Å². The van der Waals surface area contributed by atoms with Crippen LogP contribution < -0.4 is 16.6 Å². The molecule has 82 valence electrons. The minimum Gasteiger partial charge on any atom is -0.325 e. The minimum absolute atomic E-state index is 0.511. The van der Waals surface area contributed by atoms with Crippen molar-refractivity contribution in [1.29, 1.82) is 0 Å². The first-order valence-corrected chi connectivity index (χ1v) is 4.89. The first kappa shape index (κ1) is 10.4. The van der Waals surface area contributed by atoms with Gasteiger partial charge in [0.15, 0.2) is 0 Å². The van der Waals surface area contributed by atoms with Crippen molar-refractivity contribution in [3.05, 3.63) is 36.5 Å². The van der Waals surface area contributed by atoms with Crippen LogP contribution in [0.5, 0.6) is 0 Å². The second kappa shape index (κ2) is 4.59. The summed E-state index contributed by atoms with van der Waals surface area (Å²) in [6, 6.07) is 9.73. The lowest BCUT2D eigenvalue weighted by Crippen LogP contribution is -2.36. The Bertz CT molecular complexity index is 515. The third kappa shape index (κ3) is 1.94. The van der Waals surface area contributed by atoms with Crippen LogP contribution in [-0.4, -0.2) is 18.0 Å². The van der Waals surface area contributed by atoms with E-state index in [4.69, 9.17) is 5.84 Å². The standard InChI is InChI=1S/C11H13N5/c1-13-11(16-12)15-10-6-2-5-9-8(10)4-3-7-14-9/h2-7H,12H2,1H3,(H2,13,15,16). The number of nitrogens with two attached hydrogens (primary N) is 1. The molecule has 1 aromatic heterocycles. The van der Waals surface area contributed by atoms with E-state index in [9.17, 15) is 0 Å². The van der Waals surface area contributed by atoms with Crippen molar-refractivity contribution in [1.82, 2.24) is 10.4 Å². The van der Waals surface area contributed by atoms with Crippen molar-refractivity contribution in [3.63, 3.8) is 0 Å². The van der Waals surface area contributed by atoms with Gasteiger partial charge in [0.1, 0.15) is 0 Å². The molecule has 0 atom stereocenters. The SMILES string of the molecule is CN=C(NN)Nc1cccc2ncccc12. The summed E-state index contributed by atoms with van der Waals surface area (Å²) in [7, 11) is 1.66. The summed E-state index contributed by atoms with van der Waals surface area (Å²) >= 11 is 0. The zero-order chi connectivity index (χ0) is 11.4. The molecule has 5 heteroatoms. The molecule has 0 unspecified atom stereocenters. The maximum Gasteiger partial charge on any atom is 0.209 e. The smallest absolute Gasteiger partial charge is 0.209 e. The van der Waals surface area contributed by atoms with E-state index < -0.39 is 0 Å². The van der Waals surface area contributed by atoms with Gasteiger partial charge in [-0.15, -0.1) is 0 Å². The van der Waals surface area contributed by atoms with Crippen LogP contribution in [0.15, 0.2) is 41.5 Å². The fourth-order valence-electron chi connectivity index (χ4n) is 1.50. The zero-order valence-corrected chi connectivity index (χ0v) is 8.94. The van der Waals surface area contributed by atoms with E-state index in [-0.39, 0.29) is 0 Å². The van der Waals surface area contributed by atoms with Crippen LogP contribution in [0, 0.1) is 0 Å². The van der Waals surface area contributed by atoms with Gasteiger partial charge in [0.25, 0.3) is 0 Å². The Morgan fingerprint density at radius 2 is 2.19 bits per heavy atom. The maximum absolute atomic E-state index is 5.32. The molecule has 0 radical (unpaired) electrons. The molecule has 1 heterocycles. The highest BCUT2D eigenvalue weighted by atomic mass is 15.3. The Kier molecular flexibility index (Phi) is 2.98. The Morgan fingerprint density at radius 1 is 1.31 bits per heavy atom. The number of hydrogen-bond acceptors (Lipinski definition) is 3. The summed E-state index contributed by atoms with van der Waals surface area (Å²) in [5, 5.41) is 4.12. The highest BCUT2D eigenvalue weighted by molar-refractivity contribution is 6.01. The Balaban J connectivity index is 2.44. The van der Waals surface area contributed by atoms with Crippen molar-refractivity contribution in [2.75, 3.05) is 12.4 Å². The summed E-state index contributed by atoms with van der Waals surface area (Å²) in [5.41, 5.74) is 4.33. The minimum atomic E-state index is 0.511. The molecule has 0 bridgehead atoms. The number of hydrazine groups is 1. The van der Waals surface area contributed by atoms with E-state index in [0.29, 0.717) is 5.96 Å². The second-order valence-corrected chi connectivity index (χ2v) is 3.22. The number of aliphatic imine (C=N–C) groups is 1. The van der Waals surface area contributed by atoms with Gasteiger partial charge < -0.3 is 5.32 Å².